The van der Waals surface area contributed by atoms with Gasteiger partial charge in [-0.15, -0.1) is 11.3 Å². The molecular formula is C20H15FN4O2S2. The van der Waals surface area contributed by atoms with E-state index in [9.17, 15) is 14.0 Å². The van der Waals surface area contributed by atoms with Gasteiger partial charge in [0.25, 0.3) is 11.5 Å². The van der Waals surface area contributed by atoms with Crippen LogP contribution in [0, 0.1) is 10.6 Å². The Morgan fingerprint density at radius 2 is 2.07 bits per heavy atom. The van der Waals surface area contributed by atoms with E-state index in [1.54, 1.807) is 59.6 Å². The van der Waals surface area contributed by atoms with Gasteiger partial charge in [-0.25, -0.2) is 4.39 Å². The van der Waals surface area contributed by atoms with Crippen LogP contribution in [0.15, 0.2) is 63.8 Å². The number of fused-ring (bicyclic) bond motifs is 1. The topological polar surface area (TPSA) is 72.2 Å². The van der Waals surface area contributed by atoms with E-state index in [2.05, 4.69) is 9.98 Å². The number of H-pyrrole nitrogens is 1. The molecule has 0 atom stereocenters. The smallest absolute Gasteiger partial charge is 0.279 e. The Hall–Kier alpha value is -3.17. The minimum Gasteiger partial charge on any atom is -0.332 e. The summed E-state index contributed by atoms with van der Waals surface area (Å²) in [6, 6.07) is 11.2. The zero-order valence-corrected chi connectivity index (χ0v) is 16.9. The van der Waals surface area contributed by atoms with Gasteiger partial charge < -0.3 is 9.55 Å². The summed E-state index contributed by atoms with van der Waals surface area (Å²) >= 11 is 6.41. The Morgan fingerprint density at radius 3 is 2.86 bits per heavy atom. The Morgan fingerprint density at radius 1 is 1.28 bits per heavy atom. The molecule has 0 saturated carbocycles. The molecule has 29 heavy (non-hydrogen) atoms. The molecule has 6 nitrogen and oxygen atoms in total. The van der Waals surface area contributed by atoms with Gasteiger partial charge in [-0.2, -0.15) is 4.99 Å². The number of nitrogens with zero attached hydrogens (tertiary/aromatic N) is 3. The lowest BCUT2D eigenvalue weighted by Crippen LogP contribution is -2.19. The summed E-state index contributed by atoms with van der Waals surface area (Å²) in [7, 11) is 1.58. The number of aromatic nitrogens is 3. The number of carbonyl (C=O) groups excluding carboxylic acids is 1. The van der Waals surface area contributed by atoms with Crippen molar-refractivity contribution >= 4 is 40.4 Å². The second-order valence-electron chi connectivity index (χ2n) is 6.38. The van der Waals surface area contributed by atoms with Crippen molar-refractivity contribution in [1.29, 1.82) is 0 Å². The maximum Gasteiger partial charge on any atom is 0.279 e. The fraction of sp³-hybridized carbons (Fsp3) is 0.100. The number of rotatable bonds is 3. The van der Waals surface area contributed by atoms with Crippen LogP contribution in [0.4, 0.5) is 4.39 Å². The first-order valence-corrected chi connectivity index (χ1v) is 9.92. The van der Waals surface area contributed by atoms with Crippen LogP contribution in [0.25, 0.3) is 10.9 Å². The molecule has 4 aromatic rings. The van der Waals surface area contributed by atoms with E-state index >= 15 is 0 Å². The summed E-state index contributed by atoms with van der Waals surface area (Å²) in [6.07, 6.45) is 1.75. The second kappa shape index (κ2) is 7.69. The number of benzene rings is 2. The Balaban J connectivity index is 1.71. The molecule has 0 aliphatic rings. The highest BCUT2D eigenvalue weighted by atomic mass is 32.1. The largest absolute Gasteiger partial charge is 0.332 e. The van der Waals surface area contributed by atoms with E-state index in [0.29, 0.717) is 26.8 Å². The molecule has 0 spiro atoms. The average Bonchev–Trinajstić information content (AvgIpc) is 3.14. The van der Waals surface area contributed by atoms with Crippen LogP contribution >= 0.6 is 23.6 Å². The third-order valence-electron chi connectivity index (χ3n) is 4.50. The normalized spacial score (nSPS) is 11.9. The van der Waals surface area contributed by atoms with E-state index in [-0.39, 0.29) is 22.7 Å². The van der Waals surface area contributed by atoms with E-state index in [4.69, 9.17) is 12.2 Å². The molecule has 0 fully saturated rings. The summed E-state index contributed by atoms with van der Waals surface area (Å²) < 4.78 is 17.3. The first-order chi connectivity index (χ1) is 13.9. The number of nitrogens with one attached hydrogen (secondary N) is 1. The number of halogens is 1. The molecule has 2 heterocycles. The molecular weight excluding hydrogens is 411 g/mol. The fourth-order valence-electron chi connectivity index (χ4n) is 2.91. The van der Waals surface area contributed by atoms with E-state index < -0.39 is 5.91 Å². The average molecular weight is 426 g/mol. The van der Waals surface area contributed by atoms with Gasteiger partial charge in [-0.3, -0.25) is 14.2 Å². The molecule has 0 aliphatic carbocycles. The lowest BCUT2D eigenvalue weighted by atomic mass is 10.1. The van der Waals surface area contributed by atoms with Gasteiger partial charge in [-0.05, 0) is 36.5 Å². The molecule has 0 saturated heterocycles. The first kappa shape index (κ1) is 19.2. The Labute approximate surface area is 173 Å². The maximum atomic E-state index is 13.9. The predicted octanol–water partition coefficient (Wildman–Crippen LogP) is 3.39. The van der Waals surface area contributed by atoms with Crippen molar-refractivity contribution in [3.05, 3.63) is 90.9 Å². The molecule has 1 amide bonds. The van der Waals surface area contributed by atoms with Crippen LogP contribution < -0.4 is 10.4 Å². The number of amides is 1. The molecule has 2 aromatic carbocycles. The van der Waals surface area contributed by atoms with Crippen molar-refractivity contribution in [3.8, 4) is 0 Å². The highest BCUT2D eigenvalue weighted by Crippen LogP contribution is 2.12. The zero-order valence-electron chi connectivity index (χ0n) is 15.3. The van der Waals surface area contributed by atoms with Gasteiger partial charge in [0.05, 0.1) is 17.4 Å². The van der Waals surface area contributed by atoms with Crippen LogP contribution in [0.3, 0.4) is 0 Å². The molecule has 4 rings (SSSR count). The third kappa shape index (κ3) is 3.74. The second-order valence-corrected chi connectivity index (χ2v) is 7.64. The fourth-order valence-corrected chi connectivity index (χ4v) is 3.83. The lowest BCUT2D eigenvalue weighted by molar-refractivity contribution is 0.0998. The summed E-state index contributed by atoms with van der Waals surface area (Å²) in [6.45, 7) is 0.267. The molecule has 0 aliphatic heterocycles. The highest BCUT2D eigenvalue weighted by molar-refractivity contribution is 7.71. The van der Waals surface area contributed by atoms with Crippen LogP contribution in [0.5, 0.6) is 0 Å². The SMILES string of the molecule is Cn1c(=S)[nH]c2cc(C(=O)N=c3sccn3Cc3ccccc3F)ccc2c1=O. The molecule has 1 N–H and O–H groups in total. The number of carbonyl (C=O) groups is 1. The Kier molecular flexibility index (Phi) is 5.08. The van der Waals surface area contributed by atoms with Crippen LogP contribution in [0.1, 0.15) is 15.9 Å². The lowest BCUT2D eigenvalue weighted by Gasteiger charge is -2.05. The number of hydrogen-bond donors (Lipinski definition) is 1. The van der Waals surface area contributed by atoms with E-state index in [1.807, 2.05) is 0 Å². The third-order valence-corrected chi connectivity index (χ3v) is 5.67. The van der Waals surface area contributed by atoms with Gasteiger partial charge >= 0.3 is 0 Å². The van der Waals surface area contributed by atoms with Crippen LogP contribution in [0.2, 0.25) is 0 Å². The molecule has 146 valence electrons. The summed E-state index contributed by atoms with van der Waals surface area (Å²) in [5, 5.41) is 2.22. The van der Waals surface area contributed by atoms with Gasteiger partial charge in [0, 0.05) is 29.8 Å². The van der Waals surface area contributed by atoms with Crippen LogP contribution in [-0.2, 0) is 13.6 Å². The first-order valence-electron chi connectivity index (χ1n) is 8.63. The van der Waals surface area contributed by atoms with Crippen molar-refractivity contribution in [3.63, 3.8) is 0 Å². The Bertz CT molecular complexity index is 1430. The predicted molar refractivity (Wildman–Crippen MR) is 112 cm³/mol. The molecule has 0 radical (unpaired) electrons. The van der Waals surface area contributed by atoms with Crippen molar-refractivity contribution in [1.82, 2.24) is 14.1 Å². The molecule has 9 heteroatoms. The van der Waals surface area contributed by atoms with Crippen molar-refractivity contribution in [2.75, 3.05) is 0 Å². The summed E-state index contributed by atoms with van der Waals surface area (Å²) in [4.78, 5) is 32.5. The minimum atomic E-state index is -0.461. The van der Waals surface area contributed by atoms with Gasteiger partial charge in [0.1, 0.15) is 5.82 Å². The monoisotopic (exact) mass is 426 g/mol. The maximum absolute atomic E-state index is 13.9. The van der Waals surface area contributed by atoms with Crippen molar-refractivity contribution < 1.29 is 9.18 Å². The number of hydrogen-bond acceptors (Lipinski definition) is 4. The standard InChI is InChI=1S/C20H15FN4O2S2/c1-24-18(27)14-7-6-12(10-16(14)22-19(24)28)17(26)23-20-25(8-9-29-20)11-13-4-2-3-5-15(13)21/h2-10H,11H2,1H3,(H,22,28). The summed E-state index contributed by atoms with van der Waals surface area (Å²) in [5.74, 6) is -0.772. The van der Waals surface area contributed by atoms with Crippen LogP contribution in [-0.4, -0.2) is 20.0 Å². The van der Waals surface area contributed by atoms with Gasteiger partial charge in [0.2, 0.25) is 0 Å². The summed E-state index contributed by atoms with van der Waals surface area (Å²) in [5.41, 5.74) is 1.07. The zero-order chi connectivity index (χ0) is 20.5. The molecule has 0 bridgehead atoms. The molecule has 0 unspecified atom stereocenters. The van der Waals surface area contributed by atoms with Gasteiger partial charge in [-0.1, -0.05) is 18.2 Å². The van der Waals surface area contributed by atoms with Gasteiger partial charge in [0.15, 0.2) is 9.57 Å². The minimum absolute atomic E-state index is 0.235. The number of aromatic amines is 1. The molecule has 2 aromatic heterocycles. The highest BCUT2D eigenvalue weighted by Gasteiger charge is 2.10. The van der Waals surface area contributed by atoms with E-state index in [1.165, 1.54) is 22.0 Å². The van der Waals surface area contributed by atoms with E-state index in [0.717, 1.165) is 0 Å². The van der Waals surface area contributed by atoms with Crippen molar-refractivity contribution in [2.24, 2.45) is 12.0 Å². The van der Waals surface area contributed by atoms with Crippen molar-refractivity contribution in [2.45, 2.75) is 6.54 Å². The quantitative estimate of drug-likeness (QED) is 0.511. The number of thiazole rings is 1.